The second kappa shape index (κ2) is 8.21. The Morgan fingerprint density at radius 1 is 1.04 bits per heavy atom. The largest absolute Gasteiger partial charge is 0.394 e. The zero-order chi connectivity index (χ0) is 18.6. The number of benzene rings is 2. The third kappa shape index (κ3) is 3.90. The van der Waals surface area contributed by atoms with E-state index in [4.69, 9.17) is 4.74 Å². The summed E-state index contributed by atoms with van der Waals surface area (Å²) in [5.41, 5.74) is 3.70. The topological polar surface area (TPSA) is 53.0 Å². The highest BCUT2D eigenvalue weighted by atomic mass is 16.5. The van der Waals surface area contributed by atoms with Crippen LogP contribution in [-0.4, -0.2) is 59.8 Å². The molecule has 2 heterocycles. The smallest absolute Gasteiger partial charge is 0.237 e. The van der Waals surface area contributed by atoms with Crippen molar-refractivity contribution < 1.29 is 14.6 Å². The fourth-order valence-electron chi connectivity index (χ4n) is 4.18. The Kier molecular flexibility index (Phi) is 5.53. The Hall–Kier alpha value is -2.21. The van der Waals surface area contributed by atoms with Gasteiger partial charge in [-0.25, -0.2) is 0 Å². The number of amides is 1. The standard InChI is InChI=1S/C22H26N2O3/c25-16-20-22(18-7-2-1-3-8-18)24(12-13-27-20)21(26)15-23-11-10-17-6-4-5-9-19(17)14-23/h1-9,20,22,25H,10-16H2/t20-,22-/m1/s1. The van der Waals surface area contributed by atoms with Crippen LogP contribution in [0.2, 0.25) is 0 Å². The third-order valence-electron chi connectivity index (χ3n) is 5.56. The summed E-state index contributed by atoms with van der Waals surface area (Å²) in [6.45, 7) is 3.02. The predicted octanol–water partition coefficient (Wildman–Crippen LogP) is 2.01. The quantitative estimate of drug-likeness (QED) is 0.899. The Bertz CT molecular complexity index is 780. The highest BCUT2D eigenvalue weighted by Gasteiger charge is 2.36. The Labute approximate surface area is 160 Å². The van der Waals surface area contributed by atoms with Gasteiger partial charge < -0.3 is 14.7 Å². The number of morpholine rings is 1. The summed E-state index contributed by atoms with van der Waals surface area (Å²) in [4.78, 5) is 17.3. The van der Waals surface area contributed by atoms with Gasteiger partial charge in [0.05, 0.1) is 25.8 Å². The van der Waals surface area contributed by atoms with E-state index in [-0.39, 0.29) is 24.7 Å². The zero-order valence-corrected chi connectivity index (χ0v) is 15.5. The molecule has 142 valence electrons. The molecule has 2 aliphatic heterocycles. The summed E-state index contributed by atoms with van der Waals surface area (Å²) in [6.07, 6.45) is 0.598. The van der Waals surface area contributed by atoms with Crippen molar-refractivity contribution in [3.8, 4) is 0 Å². The normalized spacial score (nSPS) is 23.1. The van der Waals surface area contributed by atoms with E-state index >= 15 is 0 Å². The number of hydrogen-bond acceptors (Lipinski definition) is 4. The first-order chi connectivity index (χ1) is 13.3. The van der Waals surface area contributed by atoms with Gasteiger partial charge in [-0.05, 0) is 23.1 Å². The van der Waals surface area contributed by atoms with Crippen molar-refractivity contribution in [2.45, 2.75) is 25.1 Å². The maximum atomic E-state index is 13.2. The average Bonchev–Trinajstić information content (AvgIpc) is 2.73. The van der Waals surface area contributed by atoms with Gasteiger partial charge in [-0.2, -0.15) is 0 Å². The summed E-state index contributed by atoms with van der Waals surface area (Å²) in [5.74, 6) is 0.102. The maximum absolute atomic E-state index is 13.2. The lowest BCUT2D eigenvalue weighted by Gasteiger charge is -2.42. The number of nitrogens with zero attached hydrogens (tertiary/aromatic N) is 2. The third-order valence-corrected chi connectivity index (χ3v) is 5.56. The molecule has 0 radical (unpaired) electrons. The molecular weight excluding hydrogens is 340 g/mol. The van der Waals surface area contributed by atoms with Gasteiger partial charge in [-0.3, -0.25) is 9.69 Å². The first kappa shape index (κ1) is 18.2. The van der Waals surface area contributed by atoms with E-state index < -0.39 is 0 Å². The van der Waals surface area contributed by atoms with E-state index in [2.05, 4.69) is 29.2 Å². The lowest BCUT2D eigenvalue weighted by atomic mass is 9.97. The molecule has 0 aromatic heterocycles. The second-order valence-corrected chi connectivity index (χ2v) is 7.26. The monoisotopic (exact) mass is 366 g/mol. The molecule has 0 spiro atoms. The average molecular weight is 366 g/mol. The molecule has 1 amide bonds. The van der Waals surface area contributed by atoms with Crippen LogP contribution in [-0.2, 0) is 22.5 Å². The first-order valence-electron chi connectivity index (χ1n) is 9.62. The Morgan fingerprint density at radius 2 is 1.78 bits per heavy atom. The van der Waals surface area contributed by atoms with Crippen LogP contribution in [0.15, 0.2) is 54.6 Å². The molecule has 0 unspecified atom stereocenters. The van der Waals surface area contributed by atoms with Crippen LogP contribution in [0.3, 0.4) is 0 Å². The summed E-state index contributed by atoms with van der Waals surface area (Å²) in [6, 6.07) is 18.1. The van der Waals surface area contributed by atoms with Crippen LogP contribution in [0.25, 0.3) is 0 Å². The fraction of sp³-hybridized carbons (Fsp3) is 0.409. The number of rotatable bonds is 4. The number of carbonyl (C=O) groups excluding carboxylic acids is 1. The summed E-state index contributed by atoms with van der Waals surface area (Å²) >= 11 is 0. The van der Waals surface area contributed by atoms with E-state index in [1.807, 2.05) is 35.2 Å². The van der Waals surface area contributed by atoms with Gasteiger partial charge in [0.25, 0.3) is 0 Å². The van der Waals surface area contributed by atoms with Gasteiger partial charge in [0.1, 0.15) is 6.10 Å². The van der Waals surface area contributed by atoms with Gasteiger partial charge >= 0.3 is 0 Å². The van der Waals surface area contributed by atoms with Crippen molar-refractivity contribution in [2.24, 2.45) is 0 Å². The molecule has 5 heteroatoms. The van der Waals surface area contributed by atoms with E-state index in [0.717, 1.165) is 25.1 Å². The molecule has 1 saturated heterocycles. The zero-order valence-electron chi connectivity index (χ0n) is 15.5. The molecule has 0 aliphatic carbocycles. The van der Waals surface area contributed by atoms with Crippen LogP contribution in [0.4, 0.5) is 0 Å². The molecule has 2 aromatic rings. The number of ether oxygens (including phenoxy) is 1. The van der Waals surface area contributed by atoms with Gasteiger partial charge in [-0.1, -0.05) is 54.6 Å². The molecule has 4 rings (SSSR count). The van der Waals surface area contributed by atoms with Crippen molar-refractivity contribution >= 4 is 5.91 Å². The molecule has 1 N–H and O–H groups in total. The summed E-state index contributed by atoms with van der Waals surface area (Å²) in [5, 5.41) is 9.78. The van der Waals surface area contributed by atoms with Crippen LogP contribution >= 0.6 is 0 Å². The highest BCUT2D eigenvalue weighted by molar-refractivity contribution is 5.79. The lowest BCUT2D eigenvalue weighted by Crippen LogP contribution is -2.52. The van der Waals surface area contributed by atoms with Gasteiger partial charge in [0.15, 0.2) is 0 Å². The van der Waals surface area contributed by atoms with Crippen molar-refractivity contribution in [1.82, 2.24) is 9.80 Å². The summed E-state index contributed by atoms with van der Waals surface area (Å²) in [7, 11) is 0. The van der Waals surface area contributed by atoms with E-state index in [1.54, 1.807) is 0 Å². The molecule has 0 bridgehead atoms. The number of aliphatic hydroxyl groups excluding tert-OH is 1. The molecule has 2 aliphatic rings. The van der Waals surface area contributed by atoms with Crippen LogP contribution in [0.1, 0.15) is 22.7 Å². The highest BCUT2D eigenvalue weighted by Crippen LogP contribution is 2.30. The van der Waals surface area contributed by atoms with E-state index in [0.29, 0.717) is 19.7 Å². The van der Waals surface area contributed by atoms with Crippen LogP contribution in [0, 0.1) is 0 Å². The van der Waals surface area contributed by atoms with E-state index in [1.165, 1.54) is 11.1 Å². The molecule has 2 aromatic carbocycles. The van der Waals surface area contributed by atoms with Crippen molar-refractivity contribution in [3.05, 3.63) is 71.3 Å². The Morgan fingerprint density at radius 3 is 2.56 bits per heavy atom. The Balaban J connectivity index is 1.50. The molecule has 1 fully saturated rings. The predicted molar refractivity (Wildman–Crippen MR) is 103 cm³/mol. The minimum atomic E-state index is -0.382. The fourth-order valence-corrected chi connectivity index (χ4v) is 4.18. The van der Waals surface area contributed by atoms with Gasteiger partial charge in [0, 0.05) is 19.6 Å². The first-order valence-corrected chi connectivity index (χ1v) is 9.62. The van der Waals surface area contributed by atoms with Crippen molar-refractivity contribution in [1.29, 1.82) is 0 Å². The van der Waals surface area contributed by atoms with Crippen molar-refractivity contribution in [2.75, 3.05) is 32.8 Å². The van der Waals surface area contributed by atoms with Crippen LogP contribution < -0.4 is 0 Å². The minimum absolute atomic E-state index is 0.0968. The number of aliphatic hydroxyl groups is 1. The van der Waals surface area contributed by atoms with Gasteiger partial charge in [-0.15, -0.1) is 0 Å². The molecule has 0 saturated carbocycles. The lowest BCUT2D eigenvalue weighted by molar-refractivity contribution is -0.151. The second-order valence-electron chi connectivity index (χ2n) is 7.26. The molecule has 5 nitrogen and oxygen atoms in total. The van der Waals surface area contributed by atoms with Crippen molar-refractivity contribution in [3.63, 3.8) is 0 Å². The maximum Gasteiger partial charge on any atom is 0.237 e. The van der Waals surface area contributed by atoms with E-state index in [9.17, 15) is 9.90 Å². The van der Waals surface area contributed by atoms with Gasteiger partial charge in [0.2, 0.25) is 5.91 Å². The molecular formula is C22H26N2O3. The van der Waals surface area contributed by atoms with Crippen LogP contribution in [0.5, 0.6) is 0 Å². The molecule has 27 heavy (non-hydrogen) atoms. The number of hydrogen-bond donors (Lipinski definition) is 1. The minimum Gasteiger partial charge on any atom is -0.394 e. The number of fused-ring (bicyclic) bond motifs is 1. The summed E-state index contributed by atoms with van der Waals surface area (Å²) < 4.78 is 5.75. The molecule has 2 atom stereocenters. The number of carbonyl (C=O) groups is 1. The SMILES string of the molecule is O=C(CN1CCc2ccccc2C1)N1CCO[C@H](CO)[C@H]1c1ccccc1.